The maximum absolute atomic E-state index is 12.6. The molecule has 0 radical (unpaired) electrons. The fraction of sp³-hybridized carbons (Fsp3) is 0.125. The summed E-state index contributed by atoms with van der Waals surface area (Å²) < 4.78 is 5.84. The van der Waals surface area contributed by atoms with Crippen LogP contribution in [0.5, 0.6) is 11.5 Å². The summed E-state index contributed by atoms with van der Waals surface area (Å²) in [6, 6.07) is 24.2. The monoisotopic (exact) mass is 414 g/mol. The van der Waals surface area contributed by atoms with Gasteiger partial charge in [-0.2, -0.15) is 5.26 Å². The topological polar surface area (TPSA) is 117 Å². The number of nitrogens with zero attached hydrogens (tertiary/aromatic N) is 1. The van der Waals surface area contributed by atoms with E-state index in [-0.39, 0.29) is 12.3 Å². The van der Waals surface area contributed by atoms with Gasteiger partial charge in [0.25, 0.3) is 0 Å². The quantitative estimate of drug-likeness (QED) is 0.510. The second-order valence-electron chi connectivity index (χ2n) is 6.83. The zero-order valence-corrected chi connectivity index (χ0v) is 16.7. The van der Waals surface area contributed by atoms with Gasteiger partial charge in [-0.15, -0.1) is 0 Å². The molecule has 0 heterocycles. The summed E-state index contributed by atoms with van der Waals surface area (Å²) in [7, 11) is 0. The van der Waals surface area contributed by atoms with Crippen molar-refractivity contribution in [1.29, 1.82) is 5.26 Å². The molecule has 3 aromatic carbocycles. The molecule has 4 N–H and O–H groups in total. The second-order valence-corrected chi connectivity index (χ2v) is 6.83. The molecule has 7 heteroatoms. The van der Waals surface area contributed by atoms with Crippen molar-refractivity contribution in [3.05, 3.63) is 90.0 Å². The number of para-hydroxylation sites is 1. The first kappa shape index (κ1) is 21.4. The van der Waals surface area contributed by atoms with Crippen molar-refractivity contribution in [2.24, 2.45) is 5.73 Å². The van der Waals surface area contributed by atoms with Crippen LogP contribution in [0.3, 0.4) is 0 Å². The summed E-state index contributed by atoms with van der Waals surface area (Å²) in [5, 5.41) is 14.2. The van der Waals surface area contributed by atoms with Crippen LogP contribution in [-0.2, 0) is 11.2 Å². The first-order valence-electron chi connectivity index (χ1n) is 9.68. The Morgan fingerprint density at radius 1 is 0.968 bits per heavy atom. The molecule has 0 bridgehead atoms. The Balaban J connectivity index is 1.71. The minimum atomic E-state index is -0.729. The van der Waals surface area contributed by atoms with Gasteiger partial charge in [0.1, 0.15) is 11.5 Å². The Hall–Kier alpha value is -4.31. The number of nitrogens with two attached hydrogens (primary N) is 1. The number of amides is 3. The van der Waals surface area contributed by atoms with Gasteiger partial charge in [-0.25, -0.2) is 4.79 Å². The number of urea groups is 1. The molecule has 0 fully saturated rings. The van der Waals surface area contributed by atoms with E-state index in [1.54, 1.807) is 48.5 Å². The Morgan fingerprint density at radius 3 is 2.35 bits per heavy atom. The minimum absolute atomic E-state index is 0.0162. The van der Waals surface area contributed by atoms with Gasteiger partial charge in [0, 0.05) is 5.69 Å². The third kappa shape index (κ3) is 6.61. The molecule has 3 aromatic rings. The Kier molecular flexibility index (Phi) is 7.22. The van der Waals surface area contributed by atoms with Crippen molar-refractivity contribution in [3.63, 3.8) is 0 Å². The number of carbonyl (C=O) groups is 2. The minimum Gasteiger partial charge on any atom is -0.457 e. The highest BCUT2D eigenvalue weighted by molar-refractivity contribution is 5.91. The molecule has 0 aliphatic carbocycles. The van der Waals surface area contributed by atoms with E-state index >= 15 is 0 Å². The SMILES string of the molecule is N#CCc1ccc(NC(=O)C[C@H](NC(N)=O)c2cccc(Oc3ccccc3)c2)cc1. The highest BCUT2D eigenvalue weighted by Crippen LogP contribution is 2.26. The molecule has 1 atom stereocenters. The number of hydrogen-bond donors (Lipinski definition) is 3. The fourth-order valence-electron chi connectivity index (χ4n) is 3.04. The van der Waals surface area contributed by atoms with Crippen LogP contribution in [0, 0.1) is 11.3 Å². The lowest BCUT2D eigenvalue weighted by Crippen LogP contribution is -2.35. The lowest BCUT2D eigenvalue weighted by Gasteiger charge is -2.19. The van der Waals surface area contributed by atoms with Gasteiger partial charge in [0.05, 0.1) is 25.0 Å². The van der Waals surface area contributed by atoms with Gasteiger partial charge in [0.2, 0.25) is 5.91 Å². The molecular weight excluding hydrogens is 392 g/mol. The summed E-state index contributed by atoms with van der Waals surface area (Å²) in [6.07, 6.45) is 0.290. The summed E-state index contributed by atoms with van der Waals surface area (Å²) in [5.41, 5.74) is 7.48. The number of nitrogens with one attached hydrogen (secondary N) is 2. The van der Waals surface area contributed by atoms with Gasteiger partial charge in [-0.1, -0.05) is 42.5 Å². The Bertz CT molecular complexity index is 1080. The largest absolute Gasteiger partial charge is 0.457 e. The van der Waals surface area contributed by atoms with Crippen molar-refractivity contribution in [2.75, 3.05) is 5.32 Å². The summed E-state index contributed by atoms with van der Waals surface area (Å²) in [6.45, 7) is 0. The van der Waals surface area contributed by atoms with E-state index in [0.717, 1.165) is 5.56 Å². The highest BCUT2D eigenvalue weighted by atomic mass is 16.5. The Morgan fingerprint density at radius 2 is 1.68 bits per heavy atom. The molecule has 0 aliphatic heterocycles. The van der Waals surface area contributed by atoms with E-state index in [1.165, 1.54) is 0 Å². The molecule has 0 aliphatic rings. The first-order chi connectivity index (χ1) is 15.0. The fourth-order valence-corrected chi connectivity index (χ4v) is 3.04. The number of benzene rings is 3. The maximum atomic E-state index is 12.6. The number of rotatable bonds is 8. The van der Waals surface area contributed by atoms with Crippen LogP contribution in [0.2, 0.25) is 0 Å². The van der Waals surface area contributed by atoms with E-state index in [1.807, 2.05) is 30.3 Å². The third-order valence-electron chi connectivity index (χ3n) is 4.47. The number of carbonyl (C=O) groups excluding carboxylic acids is 2. The van der Waals surface area contributed by atoms with Gasteiger partial charge in [-0.05, 0) is 47.5 Å². The normalized spacial score (nSPS) is 11.1. The number of primary amides is 1. The van der Waals surface area contributed by atoms with Gasteiger partial charge < -0.3 is 21.1 Å². The van der Waals surface area contributed by atoms with Crippen LogP contribution in [-0.4, -0.2) is 11.9 Å². The standard InChI is InChI=1S/C24H22N4O3/c25-14-13-17-9-11-19(12-10-17)27-23(29)16-22(28-24(26)30)18-5-4-8-21(15-18)31-20-6-2-1-3-7-20/h1-12,15,22H,13,16H2,(H,27,29)(H3,26,28,30)/t22-/m0/s1. The Labute approximate surface area is 180 Å². The van der Waals surface area contributed by atoms with E-state index < -0.39 is 12.1 Å². The molecule has 7 nitrogen and oxygen atoms in total. The number of ether oxygens (including phenoxy) is 1. The van der Waals surface area contributed by atoms with Crippen LogP contribution in [0.1, 0.15) is 23.6 Å². The molecule has 0 unspecified atom stereocenters. The molecule has 3 rings (SSSR count). The van der Waals surface area contributed by atoms with Crippen LogP contribution in [0.4, 0.5) is 10.5 Å². The van der Waals surface area contributed by atoms with Crippen molar-refractivity contribution in [2.45, 2.75) is 18.9 Å². The molecule has 156 valence electrons. The second kappa shape index (κ2) is 10.5. The predicted molar refractivity (Wildman–Crippen MR) is 117 cm³/mol. The van der Waals surface area contributed by atoms with Crippen molar-refractivity contribution in [3.8, 4) is 17.6 Å². The van der Waals surface area contributed by atoms with E-state index in [0.29, 0.717) is 29.2 Å². The summed E-state index contributed by atoms with van der Waals surface area (Å²) >= 11 is 0. The maximum Gasteiger partial charge on any atom is 0.312 e. The number of hydrogen-bond acceptors (Lipinski definition) is 4. The van der Waals surface area contributed by atoms with Crippen molar-refractivity contribution >= 4 is 17.6 Å². The molecule has 0 aromatic heterocycles. The zero-order valence-electron chi connectivity index (χ0n) is 16.7. The summed E-state index contributed by atoms with van der Waals surface area (Å²) in [5.74, 6) is 0.964. The smallest absolute Gasteiger partial charge is 0.312 e. The zero-order chi connectivity index (χ0) is 22.1. The van der Waals surface area contributed by atoms with Crippen LogP contribution >= 0.6 is 0 Å². The van der Waals surface area contributed by atoms with Crippen molar-refractivity contribution in [1.82, 2.24) is 5.32 Å². The lowest BCUT2D eigenvalue weighted by atomic mass is 10.0. The average molecular weight is 414 g/mol. The van der Waals surface area contributed by atoms with E-state index in [4.69, 9.17) is 15.7 Å². The highest BCUT2D eigenvalue weighted by Gasteiger charge is 2.18. The average Bonchev–Trinajstić information content (AvgIpc) is 2.75. The third-order valence-corrected chi connectivity index (χ3v) is 4.47. The van der Waals surface area contributed by atoms with Gasteiger partial charge >= 0.3 is 6.03 Å². The van der Waals surface area contributed by atoms with Crippen LogP contribution in [0.15, 0.2) is 78.9 Å². The number of nitriles is 1. The van der Waals surface area contributed by atoms with Crippen LogP contribution in [0.25, 0.3) is 0 Å². The van der Waals surface area contributed by atoms with Crippen molar-refractivity contribution < 1.29 is 14.3 Å². The lowest BCUT2D eigenvalue weighted by molar-refractivity contribution is -0.116. The van der Waals surface area contributed by atoms with Gasteiger partial charge in [-0.3, -0.25) is 4.79 Å². The molecule has 0 saturated carbocycles. The summed E-state index contributed by atoms with van der Waals surface area (Å²) in [4.78, 5) is 24.1. The van der Waals surface area contributed by atoms with Crippen LogP contribution < -0.4 is 21.1 Å². The molecular formula is C24H22N4O3. The first-order valence-corrected chi connectivity index (χ1v) is 9.68. The molecule has 3 amide bonds. The van der Waals surface area contributed by atoms with Gasteiger partial charge in [0.15, 0.2) is 0 Å². The van der Waals surface area contributed by atoms with E-state index in [2.05, 4.69) is 16.7 Å². The number of anilines is 1. The molecule has 0 saturated heterocycles. The molecule has 0 spiro atoms. The predicted octanol–water partition coefficient (Wildman–Crippen LogP) is 4.28. The van der Waals surface area contributed by atoms with E-state index in [9.17, 15) is 9.59 Å². The molecule has 31 heavy (non-hydrogen) atoms.